The van der Waals surface area contributed by atoms with E-state index in [9.17, 15) is 9.59 Å². The number of carbonyl (C=O) groups excluding carboxylic acids is 2. The van der Waals surface area contributed by atoms with Crippen molar-refractivity contribution < 1.29 is 9.59 Å². The lowest BCUT2D eigenvalue weighted by Crippen LogP contribution is -2.36. The largest absolute Gasteiger partial charge is 0.342 e. The van der Waals surface area contributed by atoms with E-state index in [2.05, 4.69) is 17.1 Å². The van der Waals surface area contributed by atoms with Gasteiger partial charge in [-0.3, -0.25) is 9.59 Å². The van der Waals surface area contributed by atoms with E-state index in [1.165, 1.54) is 23.3 Å². The van der Waals surface area contributed by atoms with Gasteiger partial charge in [0.1, 0.15) is 0 Å². The Bertz CT molecular complexity index is 533. The van der Waals surface area contributed by atoms with Crippen molar-refractivity contribution in [2.24, 2.45) is 5.92 Å². The van der Waals surface area contributed by atoms with Gasteiger partial charge in [0.25, 0.3) is 0 Å². The number of hydrogen-bond donors (Lipinski definition) is 0. The Kier molecular flexibility index (Phi) is 5.46. The van der Waals surface area contributed by atoms with Crippen molar-refractivity contribution in [1.29, 1.82) is 0 Å². The molecule has 1 unspecified atom stereocenters. The minimum Gasteiger partial charge on any atom is -0.342 e. The predicted molar refractivity (Wildman–Crippen MR) is 94.0 cm³/mol. The SMILES string of the molecule is CC(=O)N1CC=C(C2=CC(C(=O)N3CCCCCC3)CS2)CC1. The van der Waals surface area contributed by atoms with Crippen molar-refractivity contribution in [2.45, 2.75) is 39.0 Å². The van der Waals surface area contributed by atoms with E-state index in [-0.39, 0.29) is 11.8 Å². The molecule has 1 fully saturated rings. The van der Waals surface area contributed by atoms with Gasteiger partial charge in [-0.25, -0.2) is 0 Å². The third kappa shape index (κ3) is 4.00. The second-order valence-corrected chi connectivity index (χ2v) is 7.69. The molecule has 3 heterocycles. The third-order valence-electron chi connectivity index (χ3n) is 4.98. The lowest BCUT2D eigenvalue weighted by molar-refractivity contribution is -0.133. The van der Waals surface area contributed by atoms with Crippen LogP contribution < -0.4 is 0 Å². The van der Waals surface area contributed by atoms with Crippen LogP contribution in [0.2, 0.25) is 0 Å². The summed E-state index contributed by atoms with van der Waals surface area (Å²) in [5, 5.41) is 0. The van der Waals surface area contributed by atoms with Crippen LogP contribution in [-0.4, -0.2) is 53.5 Å². The van der Waals surface area contributed by atoms with E-state index in [0.29, 0.717) is 12.5 Å². The van der Waals surface area contributed by atoms with Crippen LogP contribution in [0.25, 0.3) is 0 Å². The van der Waals surface area contributed by atoms with Crippen molar-refractivity contribution in [1.82, 2.24) is 9.80 Å². The summed E-state index contributed by atoms with van der Waals surface area (Å²) in [7, 11) is 0. The second kappa shape index (κ2) is 7.56. The third-order valence-corrected chi connectivity index (χ3v) is 6.21. The van der Waals surface area contributed by atoms with Crippen molar-refractivity contribution in [3.05, 3.63) is 22.6 Å². The molecule has 0 aromatic carbocycles. The van der Waals surface area contributed by atoms with E-state index < -0.39 is 0 Å². The molecule has 0 aromatic heterocycles. The standard InChI is InChI=1S/C18H26N2O2S/c1-14(21)19-10-6-15(7-11-19)17-12-16(13-23-17)18(22)20-8-4-2-3-5-9-20/h6,12,16H,2-5,7-11,13H2,1H3. The van der Waals surface area contributed by atoms with Crippen LogP contribution >= 0.6 is 11.8 Å². The number of rotatable bonds is 2. The molecule has 23 heavy (non-hydrogen) atoms. The molecular weight excluding hydrogens is 308 g/mol. The highest BCUT2D eigenvalue weighted by Crippen LogP contribution is 2.37. The van der Waals surface area contributed by atoms with Crippen LogP contribution in [0, 0.1) is 5.92 Å². The van der Waals surface area contributed by atoms with Gasteiger partial charge in [0.15, 0.2) is 0 Å². The number of hydrogen-bond acceptors (Lipinski definition) is 3. The minimum absolute atomic E-state index is 0.0415. The fraction of sp³-hybridized carbons (Fsp3) is 0.667. The zero-order valence-electron chi connectivity index (χ0n) is 13.9. The second-order valence-electron chi connectivity index (χ2n) is 6.63. The van der Waals surface area contributed by atoms with Gasteiger partial charge in [0.2, 0.25) is 11.8 Å². The molecule has 2 amide bonds. The Morgan fingerprint density at radius 3 is 2.43 bits per heavy atom. The fourth-order valence-corrected chi connectivity index (χ4v) is 4.73. The Morgan fingerprint density at radius 2 is 1.83 bits per heavy atom. The van der Waals surface area contributed by atoms with E-state index in [1.54, 1.807) is 18.7 Å². The summed E-state index contributed by atoms with van der Waals surface area (Å²) in [5.41, 5.74) is 1.32. The Morgan fingerprint density at radius 1 is 1.09 bits per heavy atom. The Hall–Kier alpha value is -1.23. The normalized spacial score (nSPS) is 25.7. The monoisotopic (exact) mass is 334 g/mol. The average molecular weight is 334 g/mol. The number of amides is 2. The molecule has 1 atom stereocenters. The molecule has 126 valence electrons. The van der Waals surface area contributed by atoms with Crippen LogP contribution in [0.4, 0.5) is 0 Å². The minimum atomic E-state index is 0.0415. The van der Waals surface area contributed by atoms with E-state index >= 15 is 0 Å². The predicted octanol–water partition coefficient (Wildman–Crippen LogP) is 2.81. The average Bonchev–Trinajstić information content (AvgIpc) is 2.90. The molecule has 1 saturated heterocycles. The van der Waals surface area contributed by atoms with Crippen LogP contribution in [-0.2, 0) is 9.59 Å². The van der Waals surface area contributed by atoms with Gasteiger partial charge >= 0.3 is 0 Å². The number of nitrogens with zero attached hydrogens (tertiary/aromatic N) is 2. The topological polar surface area (TPSA) is 40.6 Å². The summed E-state index contributed by atoms with van der Waals surface area (Å²) in [6.45, 7) is 4.98. The first-order valence-electron chi connectivity index (χ1n) is 8.73. The summed E-state index contributed by atoms with van der Waals surface area (Å²) in [6, 6.07) is 0. The van der Waals surface area contributed by atoms with Crippen LogP contribution in [0.5, 0.6) is 0 Å². The first kappa shape index (κ1) is 16.6. The highest BCUT2D eigenvalue weighted by Gasteiger charge is 2.29. The lowest BCUT2D eigenvalue weighted by Gasteiger charge is -2.25. The van der Waals surface area contributed by atoms with E-state index in [0.717, 1.165) is 44.6 Å². The maximum absolute atomic E-state index is 12.7. The Labute approximate surface area is 143 Å². The first-order chi connectivity index (χ1) is 11.1. The first-order valence-corrected chi connectivity index (χ1v) is 9.72. The maximum atomic E-state index is 12.7. The molecule has 4 nitrogen and oxygen atoms in total. The van der Waals surface area contributed by atoms with Crippen molar-refractivity contribution in [2.75, 3.05) is 31.9 Å². The van der Waals surface area contributed by atoms with Crippen LogP contribution in [0.15, 0.2) is 22.6 Å². The molecule has 3 aliphatic rings. The summed E-state index contributed by atoms with van der Waals surface area (Å²) >= 11 is 1.81. The molecule has 3 rings (SSSR count). The summed E-state index contributed by atoms with van der Waals surface area (Å²) < 4.78 is 0. The molecule has 0 saturated carbocycles. The molecular formula is C18H26N2O2S. The maximum Gasteiger partial charge on any atom is 0.230 e. The summed E-state index contributed by atoms with van der Waals surface area (Å²) in [6.07, 6.45) is 10.0. The van der Waals surface area contributed by atoms with Crippen LogP contribution in [0.3, 0.4) is 0 Å². The Balaban J connectivity index is 1.62. The highest BCUT2D eigenvalue weighted by atomic mass is 32.2. The quantitative estimate of drug-likeness (QED) is 0.780. The smallest absolute Gasteiger partial charge is 0.230 e. The van der Waals surface area contributed by atoms with Gasteiger partial charge < -0.3 is 9.80 Å². The van der Waals surface area contributed by atoms with Gasteiger partial charge in [-0.2, -0.15) is 0 Å². The summed E-state index contributed by atoms with van der Waals surface area (Å²) in [4.78, 5) is 29.3. The molecule has 0 aromatic rings. The molecule has 5 heteroatoms. The molecule has 0 spiro atoms. The van der Waals surface area contributed by atoms with Crippen molar-refractivity contribution in [3.8, 4) is 0 Å². The van der Waals surface area contributed by atoms with E-state index in [4.69, 9.17) is 0 Å². The molecule has 0 aliphatic carbocycles. The highest BCUT2D eigenvalue weighted by molar-refractivity contribution is 8.03. The molecule has 3 aliphatic heterocycles. The molecule has 0 bridgehead atoms. The zero-order valence-corrected chi connectivity index (χ0v) is 14.7. The fourth-order valence-electron chi connectivity index (χ4n) is 3.51. The van der Waals surface area contributed by atoms with Gasteiger partial charge in [-0.1, -0.05) is 25.0 Å². The molecule has 0 radical (unpaired) electrons. The molecule has 0 N–H and O–H groups in total. The number of likely N-dealkylation sites (tertiary alicyclic amines) is 1. The number of carbonyl (C=O) groups is 2. The van der Waals surface area contributed by atoms with Gasteiger partial charge in [-0.05, 0) is 24.8 Å². The number of allylic oxidation sites excluding steroid dienone is 1. The van der Waals surface area contributed by atoms with Gasteiger partial charge in [0.05, 0.1) is 5.92 Å². The van der Waals surface area contributed by atoms with Gasteiger partial charge in [-0.15, -0.1) is 11.8 Å². The van der Waals surface area contributed by atoms with Gasteiger partial charge in [0, 0.05) is 43.8 Å². The lowest BCUT2D eigenvalue weighted by atomic mass is 10.0. The number of thioether (sulfide) groups is 1. The van der Waals surface area contributed by atoms with Crippen molar-refractivity contribution >= 4 is 23.6 Å². The summed E-state index contributed by atoms with van der Waals surface area (Å²) in [5.74, 6) is 1.37. The zero-order chi connectivity index (χ0) is 16.2. The van der Waals surface area contributed by atoms with Crippen LogP contribution in [0.1, 0.15) is 39.0 Å². The van der Waals surface area contributed by atoms with E-state index in [1.807, 2.05) is 4.90 Å². The van der Waals surface area contributed by atoms with Crippen molar-refractivity contribution in [3.63, 3.8) is 0 Å².